The van der Waals surface area contributed by atoms with Crippen LogP contribution in [0, 0.1) is 24.8 Å². The molecule has 0 amide bonds. The molecular weight excluding hydrogens is 756 g/mol. The van der Waals surface area contributed by atoms with E-state index in [4.69, 9.17) is 6.85 Å². The van der Waals surface area contributed by atoms with Gasteiger partial charge in [-0.15, -0.1) is 59.2 Å². The van der Waals surface area contributed by atoms with Gasteiger partial charge in [-0.25, -0.2) is 4.39 Å². The van der Waals surface area contributed by atoms with Crippen molar-refractivity contribution in [3.8, 4) is 22.5 Å². The molecule has 44 heavy (non-hydrogen) atoms. The average molecular weight is 800 g/mol. The van der Waals surface area contributed by atoms with Crippen LogP contribution in [0.4, 0.5) is 4.39 Å². The Morgan fingerprint density at radius 3 is 2.34 bits per heavy atom. The van der Waals surface area contributed by atoms with Gasteiger partial charge in [0.15, 0.2) is 0 Å². The van der Waals surface area contributed by atoms with Crippen LogP contribution < -0.4 is 5.19 Å². The van der Waals surface area contributed by atoms with Crippen LogP contribution in [0.15, 0.2) is 79.1 Å². The van der Waals surface area contributed by atoms with Crippen molar-refractivity contribution in [3.05, 3.63) is 114 Å². The molecule has 0 atom stereocenters. The standard InChI is InChI=1S/C20H15FNS.C18H24NSi.Ir/c1-12(2)13-8-9-22-18(10-13)16-5-3-4-15-17-11-14(21)6-7-19(17)23-20(15)16;1-13(2)16-11-17(15-9-7-14(3)8-10-15)19-12-18(16)20(4,5)6;/h3-4,6-12H,1-2H3;7-9,11-13H,1-6H3;/q2*-1;/i12D;3D3,13D;. The molecule has 0 bridgehead atoms. The van der Waals surface area contributed by atoms with Gasteiger partial charge in [0.05, 0.1) is 8.07 Å². The molecule has 0 fully saturated rings. The number of rotatable bonds is 5. The fourth-order valence-corrected chi connectivity index (χ4v) is 7.75. The summed E-state index contributed by atoms with van der Waals surface area (Å²) in [4.78, 5) is 9.04. The molecule has 0 saturated carbocycles. The summed E-state index contributed by atoms with van der Waals surface area (Å²) in [5, 5.41) is 3.12. The minimum atomic E-state index is -2.13. The van der Waals surface area contributed by atoms with E-state index < -0.39 is 26.7 Å². The summed E-state index contributed by atoms with van der Waals surface area (Å²) in [5.41, 5.74) is 5.33. The Labute approximate surface area is 287 Å². The van der Waals surface area contributed by atoms with Crippen molar-refractivity contribution < 1.29 is 31.3 Å². The predicted octanol–water partition coefficient (Wildman–Crippen LogP) is 10.7. The summed E-state index contributed by atoms with van der Waals surface area (Å²) in [6, 6.07) is 25.6. The Morgan fingerprint density at radius 2 is 1.68 bits per heavy atom. The summed E-state index contributed by atoms with van der Waals surface area (Å²) < 4.78 is 54.7. The van der Waals surface area contributed by atoms with Crippen LogP contribution in [-0.4, -0.2) is 18.0 Å². The van der Waals surface area contributed by atoms with Gasteiger partial charge in [0.2, 0.25) is 0 Å². The van der Waals surface area contributed by atoms with Crippen LogP contribution in [0.2, 0.25) is 19.6 Å². The van der Waals surface area contributed by atoms with E-state index in [-0.39, 0.29) is 31.5 Å². The topological polar surface area (TPSA) is 25.8 Å². The van der Waals surface area contributed by atoms with Crippen molar-refractivity contribution in [3.63, 3.8) is 0 Å². The fraction of sp³-hybridized carbons (Fsp3) is 0.263. The molecule has 3 heterocycles. The quantitative estimate of drug-likeness (QED) is 0.128. The van der Waals surface area contributed by atoms with E-state index in [0.29, 0.717) is 0 Å². The molecule has 3 aromatic heterocycles. The third kappa shape index (κ3) is 7.43. The molecule has 0 N–H and O–H groups in total. The van der Waals surface area contributed by atoms with Crippen LogP contribution in [-0.2, 0) is 20.1 Å². The molecule has 1 radical (unpaired) electrons. The minimum absolute atomic E-state index is 0. The van der Waals surface area contributed by atoms with Gasteiger partial charge >= 0.3 is 0 Å². The molecule has 0 unspecified atom stereocenters. The van der Waals surface area contributed by atoms with E-state index in [1.54, 1.807) is 35.7 Å². The number of fused-ring (bicyclic) bond motifs is 3. The Morgan fingerprint density at radius 1 is 0.886 bits per heavy atom. The number of hydrogen-bond acceptors (Lipinski definition) is 3. The number of hydrogen-bond donors (Lipinski definition) is 0. The molecule has 0 spiro atoms. The van der Waals surface area contributed by atoms with Gasteiger partial charge < -0.3 is 9.97 Å². The molecule has 6 heteroatoms. The number of halogens is 1. The van der Waals surface area contributed by atoms with Crippen LogP contribution in [0.5, 0.6) is 0 Å². The zero-order valence-corrected chi connectivity index (χ0v) is 30.2. The summed E-state index contributed by atoms with van der Waals surface area (Å²) in [7, 11) is -1.61. The third-order valence-corrected chi connectivity index (χ3v) is 10.5. The molecular formula is C38H39FIrN2SSi-2. The third-order valence-electron chi connectivity index (χ3n) is 7.33. The van der Waals surface area contributed by atoms with Crippen LogP contribution >= 0.6 is 11.3 Å². The van der Waals surface area contributed by atoms with E-state index in [1.807, 2.05) is 70.3 Å². The maximum Gasteiger partial charge on any atom is 0.123 e. The van der Waals surface area contributed by atoms with Gasteiger partial charge in [0, 0.05) is 44.1 Å². The first kappa shape index (κ1) is 27.3. The molecule has 0 aliphatic carbocycles. The van der Waals surface area contributed by atoms with Gasteiger partial charge in [-0.1, -0.05) is 82.8 Å². The summed E-state index contributed by atoms with van der Waals surface area (Å²) >= 11 is 1.62. The summed E-state index contributed by atoms with van der Waals surface area (Å²) in [6.07, 6.45) is 3.62. The molecule has 0 saturated heterocycles. The Balaban J connectivity index is 0.000000216. The maximum absolute atomic E-state index is 13.6. The number of thiophene rings is 1. The minimum Gasteiger partial charge on any atom is -0.305 e. The van der Waals surface area contributed by atoms with Gasteiger partial charge in [0.25, 0.3) is 0 Å². The monoisotopic (exact) mass is 800 g/mol. The molecule has 0 aliphatic rings. The SMILES string of the molecule is [2H]C(C)(C)c1ccnc(-c2[c-]ccc3c2sc2ccc(F)cc23)c1.[2H]C([2H])([2H])c1c[c-]c(-c2cc(C([2H])(C)C)c([Si](C)(C)C)cn2)cc1.[Ir]. The maximum atomic E-state index is 13.6. The largest absolute Gasteiger partial charge is 0.305 e. The van der Waals surface area contributed by atoms with Crippen molar-refractivity contribution in [2.75, 3.05) is 0 Å². The number of aromatic nitrogens is 2. The zero-order valence-electron chi connectivity index (χ0n) is 31.0. The van der Waals surface area contributed by atoms with Gasteiger partial charge in [-0.3, -0.25) is 0 Å². The number of nitrogens with zero attached hydrogens (tertiary/aromatic N) is 2. The zero-order chi connectivity index (χ0) is 35.2. The van der Waals surface area contributed by atoms with E-state index >= 15 is 0 Å². The average Bonchev–Trinajstić information content (AvgIpc) is 3.37. The van der Waals surface area contributed by atoms with Crippen LogP contribution in [0.1, 0.15) is 63.0 Å². The first-order chi connectivity index (χ1) is 22.2. The van der Waals surface area contributed by atoms with Crippen molar-refractivity contribution in [1.29, 1.82) is 0 Å². The molecule has 6 rings (SSSR count). The van der Waals surface area contributed by atoms with Crippen LogP contribution in [0.25, 0.3) is 42.7 Å². The van der Waals surface area contributed by atoms with E-state index in [2.05, 4.69) is 41.7 Å². The normalized spacial score (nSPS) is 14.0. The van der Waals surface area contributed by atoms with Crippen molar-refractivity contribution in [2.24, 2.45) is 0 Å². The van der Waals surface area contributed by atoms with E-state index in [1.165, 1.54) is 17.3 Å². The van der Waals surface area contributed by atoms with Crippen molar-refractivity contribution in [2.45, 2.75) is 66.0 Å². The Bertz CT molecular complexity index is 2090. The first-order valence-corrected chi connectivity index (χ1v) is 18.6. The number of pyridine rings is 2. The smallest absolute Gasteiger partial charge is 0.123 e. The molecule has 2 nitrogen and oxygen atoms in total. The number of aryl methyl sites for hydroxylation is 1. The van der Waals surface area contributed by atoms with Crippen molar-refractivity contribution in [1.82, 2.24) is 9.97 Å². The first-order valence-electron chi connectivity index (χ1n) is 16.8. The Hall–Kier alpha value is -3.02. The molecule has 229 valence electrons. The predicted molar refractivity (Wildman–Crippen MR) is 186 cm³/mol. The summed E-state index contributed by atoms with van der Waals surface area (Å²) in [5.74, 6) is -1.63. The van der Waals surface area contributed by atoms with E-state index in [9.17, 15) is 4.39 Å². The summed E-state index contributed by atoms with van der Waals surface area (Å²) in [6.45, 7) is 12.1. The second-order valence-corrected chi connectivity index (χ2v) is 18.2. The van der Waals surface area contributed by atoms with Gasteiger partial charge in [-0.2, -0.15) is 11.3 Å². The van der Waals surface area contributed by atoms with Crippen LogP contribution in [0.3, 0.4) is 0 Å². The second-order valence-electron chi connectivity index (χ2n) is 12.1. The second kappa shape index (κ2) is 14.0. The van der Waals surface area contributed by atoms with E-state index in [0.717, 1.165) is 53.8 Å². The molecule has 3 aromatic carbocycles. The van der Waals surface area contributed by atoms with Gasteiger partial charge in [-0.05, 0) is 62.7 Å². The molecule has 6 aromatic rings. The fourth-order valence-electron chi connectivity index (χ4n) is 4.98. The Kier molecular flexibility index (Phi) is 8.66. The van der Waals surface area contributed by atoms with Crippen molar-refractivity contribution >= 4 is 44.8 Å². The van der Waals surface area contributed by atoms with Gasteiger partial charge in [0.1, 0.15) is 5.82 Å². The number of benzene rings is 3. The molecule has 0 aliphatic heterocycles.